The van der Waals surface area contributed by atoms with E-state index in [9.17, 15) is 13.9 Å². The van der Waals surface area contributed by atoms with Crippen molar-refractivity contribution in [2.24, 2.45) is 0 Å². The van der Waals surface area contributed by atoms with Crippen molar-refractivity contribution < 1.29 is 13.9 Å². The molecule has 120 valence electrons. The molecule has 0 spiro atoms. The summed E-state index contributed by atoms with van der Waals surface area (Å²) < 4.78 is 19.8. The first-order valence-electron chi connectivity index (χ1n) is 6.69. The van der Waals surface area contributed by atoms with E-state index in [4.69, 9.17) is 23.2 Å². The number of hydrogen-bond acceptors (Lipinski definition) is 3. The second-order valence-electron chi connectivity index (χ2n) is 5.11. The fraction of sp³-hybridized carbons (Fsp3) is 0.0625. The Kier molecular flexibility index (Phi) is 4.40. The van der Waals surface area contributed by atoms with Crippen LogP contribution in [0.2, 0.25) is 10.0 Å². The quantitative estimate of drug-likeness (QED) is 0.690. The lowest BCUT2D eigenvalue weighted by Gasteiger charge is -2.25. The molecule has 1 heterocycles. The Bertz CT molecular complexity index is 821. The van der Waals surface area contributed by atoms with E-state index in [0.717, 1.165) is 5.56 Å². The molecule has 0 radical (unpaired) electrons. The van der Waals surface area contributed by atoms with Crippen LogP contribution in [0.3, 0.4) is 0 Å². The highest BCUT2D eigenvalue weighted by molar-refractivity contribution is 8.27. The Balaban J connectivity index is 1.74. The number of anilines is 1. The summed E-state index contributed by atoms with van der Waals surface area (Å²) in [6.45, 7) is 0. The third kappa shape index (κ3) is 3.54. The van der Waals surface area contributed by atoms with Gasteiger partial charge in [-0.2, -0.15) is 0 Å². The molecule has 0 saturated carbocycles. The molecular formula is C16H13Cl2NO3S. The van der Waals surface area contributed by atoms with Crippen molar-refractivity contribution in [1.82, 2.24) is 0 Å². The van der Waals surface area contributed by atoms with Gasteiger partial charge in [0.05, 0.1) is 11.3 Å². The van der Waals surface area contributed by atoms with Crippen LogP contribution in [0.1, 0.15) is 11.1 Å². The van der Waals surface area contributed by atoms with Crippen LogP contribution in [-0.4, -0.2) is 15.0 Å². The van der Waals surface area contributed by atoms with Gasteiger partial charge in [0.1, 0.15) is 0 Å². The van der Waals surface area contributed by atoms with Crippen LogP contribution in [0.15, 0.2) is 46.7 Å². The maximum Gasteiger partial charge on any atom is 0.228 e. The third-order valence-corrected chi connectivity index (χ3v) is 5.53. The predicted octanol–water partition coefficient (Wildman–Crippen LogP) is 5.27. The minimum absolute atomic E-state index is 0.0988. The van der Waals surface area contributed by atoms with E-state index in [1.807, 2.05) is 0 Å². The van der Waals surface area contributed by atoms with Gasteiger partial charge in [-0.05, 0) is 41.5 Å². The zero-order valence-electron chi connectivity index (χ0n) is 11.8. The van der Waals surface area contributed by atoms with Crippen LogP contribution in [0, 0.1) is 0 Å². The van der Waals surface area contributed by atoms with Crippen LogP contribution in [-0.2, 0) is 11.2 Å². The summed E-state index contributed by atoms with van der Waals surface area (Å²) >= 11 is 11.9. The van der Waals surface area contributed by atoms with Crippen molar-refractivity contribution in [3.05, 3.63) is 63.0 Å². The summed E-state index contributed by atoms with van der Waals surface area (Å²) in [7, 11) is -2.90. The van der Waals surface area contributed by atoms with Crippen molar-refractivity contribution in [3.8, 4) is 0 Å². The first-order valence-corrected chi connectivity index (χ1v) is 9.06. The minimum atomic E-state index is -2.90. The van der Waals surface area contributed by atoms with Gasteiger partial charge in [0.25, 0.3) is 0 Å². The van der Waals surface area contributed by atoms with Gasteiger partial charge >= 0.3 is 0 Å². The summed E-state index contributed by atoms with van der Waals surface area (Å²) in [6, 6.07) is 9.98. The Labute approximate surface area is 145 Å². The van der Waals surface area contributed by atoms with Gasteiger partial charge < -0.3 is 5.32 Å². The summed E-state index contributed by atoms with van der Waals surface area (Å²) in [5.74, 6) is -0.253. The van der Waals surface area contributed by atoms with Crippen LogP contribution < -0.4 is 5.32 Å². The molecule has 3 N–H and O–H groups in total. The second-order valence-corrected chi connectivity index (χ2v) is 7.85. The maximum atomic E-state index is 12.1. The van der Waals surface area contributed by atoms with E-state index in [1.165, 1.54) is 5.41 Å². The van der Waals surface area contributed by atoms with E-state index < -0.39 is 10.6 Å². The normalized spacial score (nSPS) is 16.0. The van der Waals surface area contributed by atoms with Gasteiger partial charge in [0.2, 0.25) is 5.91 Å². The minimum Gasteiger partial charge on any atom is -0.326 e. The Morgan fingerprint density at radius 2 is 1.91 bits per heavy atom. The van der Waals surface area contributed by atoms with Gasteiger partial charge in [0.15, 0.2) is 0 Å². The Morgan fingerprint density at radius 3 is 2.65 bits per heavy atom. The Hall–Kier alpha value is -1.50. The summed E-state index contributed by atoms with van der Waals surface area (Å²) in [5, 5.41) is 5.04. The van der Waals surface area contributed by atoms with E-state index in [1.54, 1.807) is 42.5 Å². The molecule has 2 aromatic rings. The lowest BCUT2D eigenvalue weighted by molar-refractivity contribution is -0.115. The van der Waals surface area contributed by atoms with Crippen molar-refractivity contribution in [3.63, 3.8) is 0 Å². The van der Waals surface area contributed by atoms with E-state index in [2.05, 4.69) is 5.32 Å². The van der Waals surface area contributed by atoms with Crippen LogP contribution in [0.5, 0.6) is 0 Å². The second kappa shape index (κ2) is 6.19. The van der Waals surface area contributed by atoms with Gasteiger partial charge in [-0.25, -0.2) is 0 Å². The standard InChI is InChI=1S/C16H13Cl2NO3S/c17-12-3-1-11(14(18)8-12)7-16(20)19-13-4-2-10-5-6-23(21,22)15(10)9-13/h1-6,8-9,21-22H,7H2,(H,19,20). The molecule has 7 heteroatoms. The molecule has 0 aromatic heterocycles. The SMILES string of the molecule is O=C(Cc1ccc(Cl)cc1Cl)Nc1ccc2c(c1)S(O)(O)C=C2. The summed E-state index contributed by atoms with van der Waals surface area (Å²) in [4.78, 5) is 12.6. The third-order valence-electron chi connectivity index (χ3n) is 3.42. The molecule has 0 saturated heterocycles. The van der Waals surface area contributed by atoms with Gasteiger partial charge in [0, 0.05) is 21.1 Å². The van der Waals surface area contributed by atoms with Crippen LogP contribution >= 0.6 is 33.8 Å². The molecule has 1 aliphatic heterocycles. The predicted molar refractivity (Wildman–Crippen MR) is 95.4 cm³/mol. The van der Waals surface area contributed by atoms with Gasteiger partial charge in [-0.1, -0.05) is 35.3 Å². The number of halogens is 2. The van der Waals surface area contributed by atoms with Crippen molar-refractivity contribution >= 4 is 51.5 Å². The van der Waals surface area contributed by atoms with Crippen molar-refractivity contribution in [1.29, 1.82) is 0 Å². The molecule has 4 nitrogen and oxygen atoms in total. The molecule has 1 aliphatic rings. The average Bonchev–Trinajstić information content (AvgIpc) is 2.78. The molecule has 0 aliphatic carbocycles. The fourth-order valence-corrected chi connectivity index (χ4v) is 4.04. The number of carbonyl (C=O) groups excluding carboxylic acids is 1. The number of benzene rings is 2. The topological polar surface area (TPSA) is 69.6 Å². The summed E-state index contributed by atoms with van der Waals surface area (Å²) in [6.07, 6.45) is 1.76. The highest BCUT2D eigenvalue weighted by Crippen LogP contribution is 2.56. The van der Waals surface area contributed by atoms with Gasteiger partial charge in [-0.3, -0.25) is 13.9 Å². The van der Waals surface area contributed by atoms with E-state index in [-0.39, 0.29) is 12.3 Å². The molecule has 1 amide bonds. The molecule has 0 unspecified atom stereocenters. The fourth-order valence-electron chi connectivity index (χ4n) is 2.29. The molecular weight excluding hydrogens is 357 g/mol. The maximum absolute atomic E-state index is 12.1. The number of nitrogens with one attached hydrogen (secondary N) is 1. The van der Waals surface area contributed by atoms with E-state index in [0.29, 0.717) is 26.2 Å². The first-order chi connectivity index (χ1) is 10.8. The average molecular weight is 370 g/mol. The lowest BCUT2D eigenvalue weighted by atomic mass is 10.1. The first kappa shape index (κ1) is 16.4. The molecule has 0 bridgehead atoms. The summed E-state index contributed by atoms with van der Waals surface area (Å²) in [5.41, 5.74) is 1.91. The molecule has 2 aromatic carbocycles. The molecule has 0 fully saturated rings. The number of amides is 1. The zero-order chi connectivity index (χ0) is 16.6. The highest BCUT2D eigenvalue weighted by atomic mass is 35.5. The zero-order valence-corrected chi connectivity index (χ0v) is 14.1. The monoisotopic (exact) mass is 369 g/mol. The van der Waals surface area contributed by atoms with Gasteiger partial charge in [-0.15, -0.1) is 10.6 Å². The van der Waals surface area contributed by atoms with Crippen LogP contribution in [0.25, 0.3) is 6.08 Å². The smallest absolute Gasteiger partial charge is 0.228 e. The lowest BCUT2D eigenvalue weighted by Crippen LogP contribution is -2.14. The number of rotatable bonds is 3. The highest BCUT2D eigenvalue weighted by Gasteiger charge is 2.22. The largest absolute Gasteiger partial charge is 0.326 e. The number of carbonyl (C=O) groups is 1. The Morgan fingerprint density at radius 1 is 1.13 bits per heavy atom. The number of fused-ring (bicyclic) bond motifs is 1. The molecule has 3 rings (SSSR count). The van der Waals surface area contributed by atoms with E-state index >= 15 is 0 Å². The molecule has 23 heavy (non-hydrogen) atoms. The van der Waals surface area contributed by atoms with Crippen LogP contribution in [0.4, 0.5) is 5.69 Å². The number of hydrogen-bond donors (Lipinski definition) is 3. The molecule has 0 atom stereocenters. The van der Waals surface area contributed by atoms with Crippen molar-refractivity contribution in [2.75, 3.05) is 5.32 Å². The van der Waals surface area contributed by atoms with Crippen molar-refractivity contribution in [2.45, 2.75) is 11.3 Å².